The Morgan fingerprint density at radius 1 is 0.857 bits per heavy atom. The van der Waals surface area contributed by atoms with Crippen molar-refractivity contribution < 1.29 is 13.9 Å². The van der Waals surface area contributed by atoms with Crippen LogP contribution in [0.1, 0.15) is 51.1 Å². The van der Waals surface area contributed by atoms with Crippen molar-refractivity contribution in [2.75, 3.05) is 6.54 Å². The van der Waals surface area contributed by atoms with Crippen LogP contribution in [0, 0.1) is 5.82 Å². The molecule has 5 aromatic rings. The van der Waals surface area contributed by atoms with E-state index in [-0.39, 0.29) is 11.7 Å². The van der Waals surface area contributed by atoms with E-state index in [2.05, 4.69) is 34.1 Å². The van der Waals surface area contributed by atoms with Gasteiger partial charge in [-0.3, -0.25) is 4.79 Å². The molecule has 4 aromatic carbocycles. The molecule has 0 N–H and O–H groups in total. The smallest absolute Gasteiger partial charge is 0.255 e. The number of aromatic nitrogens is 1. The van der Waals surface area contributed by atoms with Crippen LogP contribution in [0.2, 0.25) is 0 Å². The molecule has 0 unspecified atom stereocenters. The molecule has 0 spiro atoms. The minimum absolute atomic E-state index is 0.0182. The van der Waals surface area contributed by atoms with Crippen LogP contribution in [-0.4, -0.2) is 22.3 Å². The molecule has 1 aromatic heterocycles. The Hall–Kier alpha value is -4.29. The van der Waals surface area contributed by atoms with Gasteiger partial charge in [0.05, 0.1) is 21.2 Å². The van der Waals surface area contributed by atoms with E-state index in [0.29, 0.717) is 24.0 Å². The van der Waals surface area contributed by atoms with Gasteiger partial charge in [-0.2, -0.15) is 0 Å². The summed E-state index contributed by atoms with van der Waals surface area (Å²) < 4.78 is 20.8. The second-order valence-corrected chi connectivity index (χ2v) is 11.6. The van der Waals surface area contributed by atoms with E-state index < -0.39 is 0 Å². The van der Waals surface area contributed by atoms with Gasteiger partial charge in [-0.05, 0) is 112 Å². The SMILES string of the molecule is O=C(c1c2c(nc3ccccc13)/C(=C\c1ccc(Oc3ccccc3)cc1)CCC2)N1CCc2ccc(F)c(Br)c2C1. The van der Waals surface area contributed by atoms with Crippen molar-refractivity contribution >= 4 is 44.4 Å². The van der Waals surface area contributed by atoms with Crippen LogP contribution in [0.15, 0.2) is 95.5 Å². The molecule has 208 valence electrons. The van der Waals surface area contributed by atoms with E-state index >= 15 is 0 Å². The first-order valence-electron chi connectivity index (χ1n) is 14.3. The maximum absolute atomic E-state index is 14.4. The molecule has 1 aliphatic carbocycles. The number of halogens is 2. The second-order valence-electron chi connectivity index (χ2n) is 10.8. The first kappa shape index (κ1) is 26.6. The van der Waals surface area contributed by atoms with Crippen LogP contribution in [0.5, 0.6) is 11.5 Å². The number of para-hydroxylation sites is 2. The van der Waals surface area contributed by atoms with E-state index in [1.807, 2.05) is 77.7 Å². The van der Waals surface area contributed by atoms with E-state index in [1.165, 1.54) is 6.07 Å². The van der Waals surface area contributed by atoms with Gasteiger partial charge in [-0.15, -0.1) is 0 Å². The lowest BCUT2D eigenvalue weighted by atomic mass is 9.85. The van der Waals surface area contributed by atoms with E-state index in [4.69, 9.17) is 9.72 Å². The normalized spacial score (nSPS) is 15.4. The lowest BCUT2D eigenvalue weighted by Crippen LogP contribution is -2.37. The number of allylic oxidation sites excluding steroid dienone is 1. The zero-order valence-corrected chi connectivity index (χ0v) is 24.5. The monoisotopic (exact) mass is 618 g/mol. The van der Waals surface area contributed by atoms with Crippen LogP contribution in [0.25, 0.3) is 22.6 Å². The molecule has 7 rings (SSSR count). The zero-order chi connectivity index (χ0) is 28.6. The maximum Gasteiger partial charge on any atom is 0.255 e. The summed E-state index contributed by atoms with van der Waals surface area (Å²) in [4.78, 5) is 21.3. The van der Waals surface area contributed by atoms with E-state index in [1.54, 1.807) is 0 Å². The molecule has 0 atom stereocenters. The molecule has 0 radical (unpaired) electrons. The molecule has 0 saturated heterocycles. The predicted molar refractivity (Wildman–Crippen MR) is 168 cm³/mol. The second kappa shape index (κ2) is 11.2. The average molecular weight is 620 g/mol. The van der Waals surface area contributed by atoms with Crippen molar-refractivity contribution in [2.45, 2.75) is 32.2 Å². The Balaban J connectivity index is 1.25. The van der Waals surface area contributed by atoms with Gasteiger partial charge in [0.15, 0.2) is 0 Å². The summed E-state index contributed by atoms with van der Waals surface area (Å²) >= 11 is 3.42. The molecule has 42 heavy (non-hydrogen) atoms. The van der Waals surface area contributed by atoms with Gasteiger partial charge in [0.1, 0.15) is 17.3 Å². The zero-order valence-electron chi connectivity index (χ0n) is 22.9. The van der Waals surface area contributed by atoms with Crippen molar-refractivity contribution in [3.63, 3.8) is 0 Å². The number of nitrogens with zero attached hydrogens (tertiary/aromatic N) is 2. The molecule has 0 saturated carbocycles. The van der Waals surface area contributed by atoms with Gasteiger partial charge in [-0.25, -0.2) is 9.37 Å². The lowest BCUT2D eigenvalue weighted by Gasteiger charge is -2.31. The number of amides is 1. The minimum atomic E-state index is -0.302. The number of benzene rings is 4. The third-order valence-electron chi connectivity index (χ3n) is 8.16. The molecule has 0 bridgehead atoms. The minimum Gasteiger partial charge on any atom is -0.457 e. The van der Waals surface area contributed by atoms with Crippen LogP contribution < -0.4 is 4.74 Å². The Kier molecular flexibility index (Phi) is 7.08. The van der Waals surface area contributed by atoms with Gasteiger partial charge >= 0.3 is 0 Å². The van der Waals surface area contributed by atoms with Crippen molar-refractivity contribution in [1.29, 1.82) is 0 Å². The highest BCUT2D eigenvalue weighted by Gasteiger charge is 2.30. The van der Waals surface area contributed by atoms with Crippen molar-refractivity contribution in [1.82, 2.24) is 9.88 Å². The van der Waals surface area contributed by atoms with Crippen LogP contribution >= 0.6 is 15.9 Å². The quantitative estimate of drug-likeness (QED) is 0.202. The Morgan fingerprint density at radius 2 is 1.62 bits per heavy atom. The van der Waals surface area contributed by atoms with E-state index in [9.17, 15) is 9.18 Å². The molecule has 2 heterocycles. The molecule has 2 aliphatic rings. The highest BCUT2D eigenvalue weighted by Crippen LogP contribution is 2.38. The lowest BCUT2D eigenvalue weighted by molar-refractivity contribution is 0.0734. The van der Waals surface area contributed by atoms with Crippen LogP contribution in [0.4, 0.5) is 4.39 Å². The molecule has 0 fully saturated rings. The summed E-state index contributed by atoms with van der Waals surface area (Å²) in [6.45, 7) is 0.966. The summed E-state index contributed by atoms with van der Waals surface area (Å²) in [7, 11) is 0. The number of hydrogen-bond donors (Lipinski definition) is 0. The van der Waals surface area contributed by atoms with Crippen LogP contribution in [-0.2, 0) is 19.4 Å². The Morgan fingerprint density at radius 3 is 2.45 bits per heavy atom. The molecule has 1 aliphatic heterocycles. The fraction of sp³-hybridized carbons (Fsp3) is 0.167. The summed E-state index contributed by atoms with van der Waals surface area (Å²) in [5.74, 6) is 1.26. The number of rotatable bonds is 4. The van der Waals surface area contributed by atoms with Gasteiger partial charge in [0.25, 0.3) is 5.91 Å². The molecular weight excluding hydrogens is 591 g/mol. The third-order valence-corrected chi connectivity index (χ3v) is 9.02. The summed E-state index contributed by atoms with van der Waals surface area (Å²) in [6.07, 6.45) is 5.49. The largest absolute Gasteiger partial charge is 0.457 e. The van der Waals surface area contributed by atoms with Gasteiger partial charge < -0.3 is 9.64 Å². The number of pyridine rings is 1. The Labute approximate surface area is 252 Å². The van der Waals surface area contributed by atoms with Gasteiger partial charge in [-0.1, -0.05) is 54.6 Å². The molecule has 6 heteroatoms. The topological polar surface area (TPSA) is 42.4 Å². The van der Waals surface area contributed by atoms with Crippen molar-refractivity contribution in [3.8, 4) is 11.5 Å². The molecule has 4 nitrogen and oxygen atoms in total. The highest BCUT2D eigenvalue weighted by molar-refractivity contribution is 9.10. The number of fused-ring (bicyclic) bond motifs is 3. The first-order chi connectivity index (χ1) is 20.5. The van der Waals surface area contributed by atoms with Crippen molar-refractivity contribution in [3.05, 3.63) is 135 Å². The number of hydrogen-bond acceptors (Lipinski definition) is 3. The standard InChI is InChI=1S/C36H28BrFN2O2/c37-34-30-22-40(20-19-24(30)15-18-31(34)38)36(41)33-28-10-4-5-12-32(28)39-35-25(7-6-11-29(33)35)21-23-13-16-27(17-14-23)42-26-8-2-1-3-9-26/h1-5,8-10,12-18,21H,6-7,11,19-20,22H2/b25-21-. The fourth-order valence-electron chi connectivity index (χ4n) is 6.07. The first-order valence-corrected chi connectivity index (χ1v) is 15.0. The number of carbonyl (C=O) groups is 1. The highest BCUT2D eigenvalue weighted by atomic mass is 79.9. The van der Waals surface area contributed by atoms with E-state index in [0.717, 1.165) is 80.7 Å². The summed E-state index contributed by atoms with van der Waals surface area (Å²) in [5.41, 5.74) is 7.55. The Bertz CT molecular complexity index is 1850. The third kappa shape index (κ3) is 5.01. The number of ether oxygens (including phenoxy) is 1. The average Bonchev–Trinajstić information content (AvgIpc) is 3.03. The summed E-state index contributed by atoms with van der Waals surface area (Å²) in [5, 5.41) is 0.869. The van der Waals surface area contributed by atoms with Crippen LogP contribution in [0.3, 0.4) is 0 Å². The molecule has 1 amide bonds. The number of carbonyl (C=O) groups excluding carboxylic acids is 1. The van der Waals surface area contributed by atoms with Gasteiger partial charge in [0.2, 0.25) is 0 Å². The van der Waals surface area contributed by atoms with Gasteiger partial charge in [0, 0.05) is 18.5 Å². The fourth-order valence-corrected chi connectivity index (χ4v) is 6.58. The maximum atomic E-state index is 14.4. The summed E-state index contributed by atoms with van der Waals surface area (Å²) in [6, 6.07) is 29.0. The molecular formula is C36H28BrFN2O2. The predicted octanol–water partition coefficient (Wildman–Crippen LogP) is 9.00. The van der Waals surface area contributed by atoms with Crippen molar-refractivity contribution in [2.24, 2.45) is 0 Å².